The van der Waals surface area contributed by atoms with Gasteiger partial charge >= 0.3 is 0 Å². The smallest absolute Gasteiger partial charge is 0.274 e. The molecule has 1 aromatic carbocycles. The molecule has 0 bridgehead atoms. The number of pyridine rings is 1. The Morgan fingerprint density at radius 2 is 1.84 bits per heavy atom. The van der Waals surface area contributed by atoms with E-state index >= 15 is 0 Å². The first-order valence-corrected chi connectivity index (χ1v) is 13.1. The summed E-state index contributed by atoms with van der Waals surface area (Å²) in [5.41, 5.74) is 3.68. The molecule has 2 aliphatic carbocycles. The van der Waals surface area contributed by atoms with Gasteiger partial charge in [-0.2, -0.15) is 0 Å². The molecule has 170 valence electrons. The van der Waals surface area contributed by atoms with Crippen LogP contribution >= 0.6 is 0 Å². The van der Waals surface area contributed by atoms with Gasteiger partial charge in [0.25, 0.3) is 5.56 Å². The van der Waals surface area contributed by atoms with E-state index in [1.54, 1.807) is 17.8 Å². The molecule has 2 saturated carbocycles. The molecule has 0 amide bonds. The van der Waals surface area contributed by atoms with Crippen molar-refractivity contribution in [1.29, 1.82) is 4.78 Å². The second-order valence-electron chi connectivity index (χ2n) is 10.3. The number of fused-ring (bicyclic) bond motifs is 1. The van der Waals surface area contributed by atoms with Crippen LogP contribution in [0.5, 0.6) is 0 Å². The topological polar surface area (TPSA) is 90.7 Å². The van der Waals surface area contributed by atoms with Crippen LogP contribution in [0.3, 0.4) is 0 Å². The lowest BCUT2D eigenvalue weighted by Crippen LogP contribution is -2.30. The van der Waals surface area contributed by atoms with Crippen molar-refractivity contribution in [3.63, 3.8) is 0 Å². The molecule has 0 aliphatic heterocycles. The summed E-state index contributed by atoms with van der Waals surface area (Å²) in [7, 11) is -1.07. The molecule has 7 heteroatoms. The fourth-order valence-corrected chi connectivity index (χ4v) is 6.65. The maximum atomic E-state index is 13.2. The maximum Gasteiger partial charge on any atom is 0.274 e. The molecule has 0 spiro atoms. The Morgan fingerprint density at radius 3 is 2.53 bits per heavy atom. The molecule has 3 aromatic rings. The lowest BCUT2D eigenvalue weighted by molar-refractivity contribution is 0.232. The molecule has 6 nitrogen and oxygen atoms in total. The SMILES string of the molecule is Cn1cc(-c2cc(S(=N)(=O)C3CC3)ccc2NC2CCC(C)(C)CC2)c2cc[nH]c2c1=O. The fraction of sp³-hybridized carbons (Fsp3) is 0.480. The van der Waals surface area contributed by atoms with Crippen molar-refractivity contribution in [3.8, 4) is 11.1 Å². The molecule has 5 rings (SSSR count). The number of aryl methyl sites for hydroxylation is 1. The first-order chi connectivity index (χ1) is 15.2. The van der Waals surface area contributed by atoms with Gasteiger partial charge in [0.1, 0.15) is 5.52 Å². The maximum absolute atomic E-state index is 13.2. The monoisotopic (exact) mass is 452 g/mol. The Kier molecular flexibility index (Phi) is 5.00. The number of nitrogens with one attached hydrogen (secondary N) is 3. The normalized spacial score (nSPS) is 20.8. The highest BCUT2D eigenvalue weighted by molar-refractivity contribution is 7.93. The molecular weight excluding hydrogens is 420 g/mol. The molecular formula is C25H32N4O2S. The van der Waals surface area contributed by atoms with Gasteiger partial charge in [0.05, 0.1) is 9.73 Å². The van der Waals surface area contributed by atoms with Crippen molar-refractivity contribution in [2.24, 2.45) is 12.5 Å². The van der Waals surface area contributed by atoms with Crippen LogP contribution in [0.4, 0.5) is 5.69 Å². The van der Waals surface area contributed by atoms with Crippen LogP contribution in [-0.2, 0) is 16.8 Å². The highest BCUT2D eigenvalue weighted by atomic mass is 32.2. The zero-order chi connectivity index (χ0) is 22.7. The van der Waals surface area contributed by atoms with Gasteiger partial charge in [-0.05, 0) is 68.2 Å². The van der Waals surface area contributed by atoms with Crippen molar-refractivity contribution < 1.29 is 4.21 Å². The number of hydrogen-bond acceptors (Lipinski definition) is 4. The summed E-state index contributed by atoms with van der Waals surface area (Å²) in [5.74, 6) is 0. The molecule has 0 radical (unpaired) electrons. The third kappa shape index (κ3) is 3.76. The van der Waals surface area contributed by atoms with Crippen molar-refractivity contribution in [2.45, 2.75) is 68.6 Å². The van der Waals surface area contributed by atoms with E-state index in [0.29, 0.717) is 21.9 Å². The van der Waals surface area contributed by atoms with Crippen LogP contribution in [-0.4, -0.2) is 25.1 Å². The summed E-state index contributed by atoms with van der Waals surface area (Å²) in [6, 6.07) is 8.08. The molecule has 0 saturated heterocycles. The van der Waals surface area contributed by atoms with Crippen LogP contribution in [0, 0.1) is 10.2 Å². The van der Waals surface area contributed by atoms with Gasteiger partial charge in [-0.25, -0.2) is 8.99 Å². The van der Waals surface area contributed by atoms with Crippen LogP contribution < -0.4 is 10.9 Å². The molecule has 2 aliphatic rings. The Labute approximate surface area is 189 Å². The summed E-state index contributed by atoms with van der Waals surface area (Å²) in [6.07, 6.45) is 9.94. The first kappa shape index (κ1) is 21.3. The van der Waals surface area contributed by atoms with E-state index in [1.807, 2.05) is 30.5 Å². The minimum atomic E-state index is -2.82. The molecule has 2 aromatic heterocycles. The third-order valence-electron chi connectivity index (χ3n) is 7.22. The average molecular weight is 453 g/mol. The lowest BCUT2D eigenvalue weighted by Gasteiger charge is -2.35. The first-order valence-electron chi connectivity index (χ1n) is 11.5. The Hall–Kier alpha value is -2.54. The summed E-state index contributed by atoms with van der Waals surface area (Å²) in [4.78, 5) is 16.3. The quantitative estimate of drug-likeness (QED) is 0.478. The van der Waals surface area contributed by atoms with E-state index in [4.69, 9.17) is 4.78 Å². The van der Waals surface area contributed by atoms with E-state index in [-0.39, 0.29) is 10.8 Å². The minimum Gasteiger partial charge on any atom is -0.382 e. The number of hydrogen-bond donors (Lipinski definition) is 3. The van der Waals surface area contributed by atoms with E-state index in [9.17, 15) is 9.00 Å². The summed E-state index contributed by atoms with van der Waals surface area (Å²) < 4.78 is 23.4. The van der Waals surface area contributed by atoms with E-state index < -0.39 is 9.73 Å². The lowest BCUT2D eigenvalue weighted by atomic mass is 9.75. The number of aromatic amines is 1. The molecule has 2 fully saturated rings. The van der Waals surface area contributed by atoms with Crippen molar-refractivity contribution in [2.75, 3.05) is 5.32 Å². The number of H-pyrrole nitrogens is 1. The van der Waals surface area contributed by atoms with Crippen LogP contribution in [0.15, 0.2) is 46.3 Å². The van der Waals surface area contributed by atoms with Crippen molar-refractivity contribution in [1.82, 2.24) is 9.55 Å². The van der Waals surface area contributed by atoms with E-state index in [2.05, 4.69) is 24.1 Å². The van der Waals surface area contributed by atoms with Gasteiger partial charge in [0.15, 0.2) is 0 Å². The highest BCUT2D eigenvalue weighted by Crippen LogP contribution is 2.41. The van der Waals surface area contributed by atoms with Crippen LogP contribution in [0.25, 0.3) is 22.0 Å². The number of benzene rings is 1. The Balaban J connectivity index is 1.63. The largest absolute Gasteiger partial charge is 0.382 e. The molecule has 1 unspecified atom stereocenters. The minimum absolute atomic E-state index is 0.0397. The van der Waals surface area contributed by atoms with Gasteiger partial charge in [-0.1, -0.05) is 13.8 Å². The van der Waals surface area contributed by atoms with Crippen LogP contribution in [0.1, 0.15) is 52.4 Å². The van der Waals surface area contributed by atoms with Gasteiger partial charge in [-0.3, -0.25) is 4.79 Å². The van der Waals surface area contributed by atoms with Gasteiger partial charge in [-0.15, -0.1) is 0 Å². The molecule has 1 atom stereocenters. The second kappa shape index (κ2) is 7.51. The number of rotatable bonds is 5. The van der Waals surface area contributed by atoms with E-state index in [1.165, 1.54) is 12.8 Å². The molecule has 3 N–H and O–H groups in total. The predicted octanol–water partition coefficient (Wildman–Crippen LogP) is 5.48. The average Bonchev–Trinajstić information content (AvgIpc) is 3.51. The summed E-state index contributed by atoms with van der Waals surface area (Å²) in [6.45, 7) is 4.67. The van der Waals surface area contributed by atoms with Crippen molar-refractivity contribution in [3.05, 3.63) is 47.0 Å². The number of anilines is 1. The molecule has 32 heavy (non-hydrogen) atoms. The Bertz CT molecular complexity index is 1340. The highest BCUT2D eigenvalue weighted by Gasteiger charge is 2.34. The van der Waals surface area contributed by atoms with Crippen LogP contribution in [0.2, 0.25) is 0 Å². The number of aromatic nitrogens is 2. The third-order valence-corrected chi connectivity index (χ3v) is 9.58. The summed E-state index contributed by atoms with van der Waals surface area (Å²) >= 11 is 0. The summed E-state index contributed by atoms with van der Waals surface area (Å²) in [5, 5.41) is 4.56. The number of nitrogens with zero attached hydrogens (tertiary/aromatic N) is 1. The predicted molar refractivity (Wildman–Crippen MR) is 131 cm³/mol. The van der Waals surface area contributed by atoms with Gasteiger partial charge in [0, 0.05) is 57.8 Å². The van der Waals surface area contributed by atoms with Crippen molar-refractivity contribution >= 4 is 26.3 Å². The zero-order valence-corrected chi connectivity index (χ0v) is 19.8. The second-order valence-corrected chi connectivity index (χ2v) is 12.7. The fourth-order valence-electron chi connectivity index (χ4n) is 4.90. The standard InChI is InChI=1S/C25H32N4O2S/c1-25(2)11-8-16(9-12-25)28-22-7-6-18(32(26,31)17-4-5-17)14-20(22)21-15-29(3)24(30)23-19(21)10-13-27-23/h6-7,10,13-17,26-28H,4-5,8-9,11-12H2,1-3H3. The van der Waals surface area contributed by atoms with Gasteiger partial charge in [0.2, 0.25) is 0 Å². The van der Waals surface area contributed by atoms with Gasteiger partial charge < -0.3 is 14.9 Å². The zero-order valence-electron chi connectivity index (χ0n) is 19.0. The Morgan fingerprint density at radius 1 is 1.12 bits per heavy atom. The van der Waals surface area contributed by atoms with E-state index in [0.717, 1.165) is 47.9 Å². The molecule has 2 heterocycles.